The summed E-state index contributed by atoms with van der Waals surface area (Å²) >= 11 is 0. The number of benzene rings is 1. The highest BCUT2D eigenvalue weighted by molar-refractivity contribution is 5.84. The van der Waals surface area contributed by atoms with Crippen LogP contribution in [0.25, 0.3) is 0 Å². The van der Waals surface area contributed by atoms with Crippen molar-refractivity contribution < 1.29 is 14.7 Å². The summed E-state index contributed by atoms with van der Waals surface area (Å²) in [6, 6.07) is 5.63. The van der Waals surface area contributed by atoms with Gasteiger partial charge >= 0.3 is 5.97 Å². The minimum absolute atomic E-state index is 0.214. The Morgan fingerprint density at radius 2 is 2.18 bits per heavy atom. The number of aldehydes is 1. The number of carbonyl (C=O) groups is 2. The number of hydrogen-bond acceptors (Lipinski definition) is 3. The number of rotatable bonds is 7. The number of carboxylic acids is 1. The highest BCUT2D eigenvalue weighted by atomic mass is 16.4. The van der Waals surface area contributed by atoms with E-state index in [4.69, 9.17) is 5.11 Å². The minimum atomic E-state index is -0.753. The van der Waals surface area contributed by atoms with Crippen molar-refractivity contribution in [2.45, 2.75) is 25.7 Å². The minimum Gasteiger partial charge on any atom is -0.481 e. The molecule has 0 radical (unpaired) electrons. The second kappa shape index (κ2) is 6.68. The van der Waals surface area contributed by atoms with Gasteiger partial charge in [0, 0.05) is 24.7 Å². The molecule has 4 heteroatoms. The highest BCUT2D eigenvalue weighted by Crippen LogP contribution is 2.17. The van der Waals surface area contributed by atoms with Crippen LogP contribution in [0.4, 0.5) is 5.69 Å². The molecule has 0 saturated carbocycles. The zero-order valence-electron chi connectivity index (χ0n) is 9.90. The van der Waals surface area contributed by atoms with E-state index < -0.39 is 5.97 Å². The molecule has 1 rings (SSSR count). The van der Waals surface area contributed by atoms with Crippen molar-refractivity contribution >= 4 is 17.9 Å². The topological polar surface area (TPSA) is 66.4 Å². The van der Waals surface area contributed by atoms with Gasteiger partial charge in [-0.25, -0.2) is 0 Å². The summed E-state index contributed by atoms with van der Waals surface area (Å²) in [6.07, 6.45) is 3.39. The molecule has 4 nitrogen and oxygen atoms in total. The fraction of sp³-hybridized carbons (Fsp3) is 0.385. The van der Waals surface area contributed by atoms with Crippen LogP contribution < -0.4 is 5.32 Å². The van der Waals surface area contributed by atoms with Crippen LogP contribution in [-0.2, 0) is 11.2 Å². The third-order valence-electron chi connectivity index (χ3n) is 2.62. The van der Waals surface area contributed by atoms with Crippen molar-refractivity contribution in [3.05, 3.63) is 29.3 Å². The Morgan fingerprint density at radius 1 is 1.41 bits per heavy atom. The molecule has 17 heavy (non-hydrogen) atoms. The summed E-state index contributed by atoms with van der Waals surface area (Å²) in [7, 11) is 1.77. The number of hydrogen-bond donors (Lipinski definition) is 2. The van der Waals surface area contributed by atoms with Gasteiger partial charge in [0.1, 0.15) is 0 Å². The molecule has 0 fully saturated rings. The molecule has 0 spiro atoms. The van der Waals surface area contributed by atoms with Gasteiger partial charge in [-0.1, -0.05) is 6.07 Å². The molecule has 2 N–H and O–H groups in total. The number of aryl methyl sites for hydroxylation is 1. The fourth-order valence-electron chi connectivity index (χ4n) is 1.68. The van der Waals surface area contributed by atoms with E-state index >= 15 is 0 Å². The van der Waals surface area contributed by atoms with Crippen LogP contribution in [0.3, 0.4) is 0 Å². The Balaban J connectivity index is 2.54. The first kappa shape index (κ1) is 13.2. The van der Waals surface area contributed by atoms with Crippen molar-refractivity contribution in [3.8, 4) is 0 Å². The van der Waals surface area contributed by atoms with Gasteiger partial charge in [-0.05, 0) is 37.0 Å². The molecule has 0 amide bonds. The first-order chi connectivity index (χ1) is 8.17. The molecule has 0 heterocycles. The molecule has 1 aromatic rings. The van der Waals surface area contributed by atoms with E-state index in [-0.39, 0.29) is 6.42 Å². The molecule has 0 bridgehead atoms. The Hall–Kier alpha value is -1.84. The third kappa shape index (κ3) is 4.26. The molecule has 0 aliphatic heterocycles. The van der Waals surface area contributed by atoms with Gasteiger partial charge in [-0.15, -0.1) is 0 Å². The van der Waals surface area contributed by atoms with Gasteiger partial charge in [0.2, 0.25) is 0 Å². The van der Waals surface area contributed by atoms with Gasteiger partial charge in [-0.3, -0.25) is 9.59 Å². The van der Waals surface area contributed by atoms with Gasteiger partial charge in [-0.2, -0.15) is 0 Å². The molecule has 1 aromatic carbocycles. The van der Waals surface area contributed by atoms with Crippen molar-refractivity contribution in [2.24, 2.45) is 0 Å². The van der Waals surface area contributed by atoms with Crippen LogP contribution in [0.2, 0.25) is 0 Å². The van der Waals surface area contributed by atoms with Gasteiger partial charge in [0.25, 0.3) is 0 Å². The maximum atomic E-state index is 10.7. The SMILES string of the molecule is CNc1cc(CCCCC(=O)O)ccc1C=O. The lowest BCUT2D eigenvalue weighted by atomic mass is 10.0. The molecular weight excluding hydrogens is 218 g/mol. The van der Waals surface area contributed by atoms with Gasteiger partial charge < -0.3 is 10.4 Å². The van der Waals surface area contributed by atoms with Crippen molar-refractivity contribution in [1.82, 2.24) is 0 Å². The maximum absolute atomic E-state index is 10.7. The van der Waals surface area contributed by atoms with Gasteiger partial charge in [0.15, 0.2) is 6.29 Å². The molecule has 92 valence electrons. The summed E-state index contributed by atoms with van der Waals surface area (Å²) in [6.45, 7) is 0. The van der Waals surface area contributed by atoms with Crippen molar-refractivity contribution in [3.63, 3.8) is 0 Å². The van der Waals surface area contributed by atoms with E-state index in [0.717, 1.165) is 30.4 Å². The number of nitrogens with one attached hydrogen (secondary N) is 1. The fourth-order valence-corrected chi connectivity index (χ4v) is 1.68. The summed E-state index contributed by atoms with van der Waals surface area (Å²) in [4.78, 5) is 21.1. The molecule has 0 saturated heterocycles. The maximum Gasteiger partial charge on any atom is 0.303 e. The first-order valence-electron chi connectivity index (χ1n) is 5.65. The molecule has 0 aliphatic rings. The monoisotopic (exact) mass is 235 g/mol. The van der Waals surface area contributed by atoms with Crippen molar-refractivity contribution in [2.75, 3.05) is 12.4 Å². The zero-order valence-corrected chi connectivity index (χ0v) is 9.90. The third-order valence-corrected chi connectivity index (χ3v) is 2.62. The predicted octanol–water partition coefficient (Wildman–Crippen LogP) is 2.34. The van der Waals surface area contributed by atoms with Crippen LogP contribution in [0.15, 0.2) is 18.2 Å². The molecule has 0 aliphatic carbocycles. The second-order valence-electron chi connectivity index (χ2n) is 3.89. The molecule has 0 unspecified atom stereocenters. The Morgan fingerprint density at radius 3 is 2.76 bits per heavy atom. The summed E-state index contributed by atoms with van der Waals surface area (Å²) in [5, 5.41) is 11.5. The van der Waals surface area contributed by atoms with Gasteiger partial charge in [0.05, 0.1) is 0 Å². The molecule has 0 atom stereocenters. The van der Waals surface area contributed by atoms with Crippen LogP contribution in [0.1, 0.15) is 35.2 Å². The number of carbonyl (C=O) groups excluding carboxylic acids is 1. The van der Waals surface area contributed by atoms with Crippen molar-refractivity contribution in [1.29, 1.82) is 0 Å². The lowest BCUT2D eigenvalue weighted by Gasteiger charge is -2.07. The lowest BCUT2D eigenvalue weighted by molar-refractivity contribution is -0.137. The quantitative estimate of drug-likeness (QED) is 0.562. The Kier molecular flexibility index (Phi) is 5.20. The Bertz CT molecular complexity index is 402. The number of anilines is 1. The first-order valence-corrected chi connectivity index (χ1v) is 5.65. The lowest BCUT2D eigenvalue weighted by Crippen LogP contribution is -1.98. The molecular formula is C13H17NO3. The average molecular weight is 235 g/mol. The normalized spacial score (nSPS) is 9.94. The summed E-state index contributed by atoms with van der Waals surface area (Å²) in [5.74, 6) is -0.753. The standard InChI is InChI=1S/C13H17NO3/c1-14-12-8-10(6-7-11(12)9-15)4-2-3-5-13(16)17/h6-9,14H,2-5H2,1H3,(H,16,17). The summed E-state index contributed by atoms with van der Waals surface area (Å²) in [5.41, 5.74) is 2.57. The number of carboxylic acid groups (broad SMARTS) is 1. The zero-order chi connectivity index (χ0) is 12.7. The van der Waals surface area contributed by atoms with E-state index in [1.165, 1.54) is 0 Å². The highest BCUT2D eigenvalue weighted by Gasteiger charge is 2.02. The number of aliphatic carboxylic acids is 1. The van der Waals surface area contributed by atoms with E-state index in [1.54, 1.807) is 13.1 Å². The van der Waals surface area contributed by atoms with E-state index in [9.17, 15) is 9.59 Å². The van der Waals surface area contributed by atoms with E-state index in [2.05, 4.69) is 5.32 Å². The average Bonchev–Trinajstić information content (AvgIpc) is 2.34. The number of unbranched alkanes of at least 4 members (excludes halogenated alkanes) is 1. The van der Waals surface area contributed by atoms with E-state index in [1.807, 2.05) is 12.1 Å². The van der Waals surface area contributed by atoms with Crippen LogP contribution >= 0.6 is 0 Å². The predicted molar refractivity (Wildman–Crippen MR) is 66.6 cm³/mol. The Labute approximate surface area is 101 Å². The largest absolute Gasteiger partial charge is 0.481 e. The van der Waals surface area contributed by atoms with Crippen LogP contribution in [0, 0.1) is 0 Å². The summed E-state index contributed by atoms with van der Waals surface area (Å²) < 4.78 is 0. The van der Waals surface area contributed by atoms with Crippen LogP contribution in [0.5, 0.6) is 0 Å². The second-order valence-corrected chi connectivity index (χ2v) is 3.89. The molecule has 0 aromatic heterocycles. The van der Waals surface area contributed by atoms with Crippen LogP contribution in [-0.4, -0.2) is 24.4 Å². The smallest absolute Gasteiger partial charge is 0.303 e. The van der Waals surface area contributed by atoms with E-state index in [0.29, 0.717) is 12.0 Å².